The molecule has 2 amide bonds. The molecule has 0 aliphatic carbocycles. The molecular formula is C31H40N8O3. The molecule has 3 aliphatic heterocycles. The lowest BCUT2D eigenvalue weighted by Gasteiger charge is -2.25. The number of amides is 2. The first-order valence-electron chi connectivity index (χ1n) is 14.8. The van der Waals surface area contributed by atoms with Gasteiger partial charge in [-0.15, -0.1) is 0 Å². The van der Waals surface area contributed by atoms with Gasteiger partial charge in [0.2, 0.25) is 5.91 Å². The highest BCUT2D eigenvalue weighted by Crippen LogP contribution is 2.23. The van der Waals surface area contributed by atoms with Crippen LogP contribution in [0.2, 0.25) is 0 Å². The van der Waals surface area contributed by atoms with Gasteiger partial charge in [-0.3, -0.25) is 34.1 Å². The summed E-state index contributed by atoms with van der Waals surface area (Å²) in [6, 6.07) is 1.59. The van der Waals surface area contributed by atoms with E-state index in [1.807, 2.05) is 43.9 Å². The zero-order valence-corrected chi connectivity index (χ0v) is 24.7. The van der Waals surface area contributed by atoms with Gasteiger partial charge >= 0.3 is 0 Å². The number of piperidine rings is 1. The van der Waals surface area contributed by atoms with E-state index in [0.717, 1.165) is 63.4 Å². The number of allylic oxidation sites excluding steroid dienone is 1. The van der Waals surface area contributed by atoms with Crippen LogP contribution >= 0.6 is 0 Å². The van der Waals surface area contributed by atoms with E-state index >= 15 is 0 Å². The van der Waals surface area contributed by atoms with Crippen LogP contribution in [0.1, 0.15) is 50.8 Å². The van der Waals surface area contributed by atoms with E-state index in [2.05, 4.69) is 25.6 Å². The van der Waals surface area contributed by atoms with Crippen LogP contribution in [0, 0.1) is 12.8 Å². The zero-order chi connectivity index (χ0) is 29.5. The van der Waals surface area contributed by atoms with Crippen molar-refractivity contribution in [1.82, 2.24) is 19.7 Å². The maximum Gasteiger partial charge on any atom is 0.257 e. The van der Waals surface area contributed by atoms with Gasteiger partial charge in [-0.05, 0) is 63.9 Å². The summed E-state index contributed by atoms with van der Waals surface area (Å²) in [6.45, 7) is 10.3. The van der Waals surface area contributed by atoms with Crippen LogP contribution in [0.3, 0.4) is 0 Å². The molecule has 1 atom stereocenters. The molecule has 0 saturated carbocycles. The Morgan fingerprint density at radius 2 is 1.88 bits per heavy atom. The Morgan fingerprint density at radius 3 is 2.62 bits per heavy atom. The second-order valence-electron chi connectivity index (χ2n) is 11.2. The molecular weight excluding hydrogens is 532 g/mol. The van der Waals surface area contributed by atoms with Crippen LogP contribution in [-0.2, 0) is 20.9 Å². The largest absolute Gasteiger partial charge is 0.381 e. The first-order chi connectivity index (χ1) is 20.4. The number of likely N-dealkylation sites (tertiary alicyclic amines) is 1. The molecule has 11 nitrogen and oxygen atoms in total. The third-order valence-electron chi connectivity index (χ3n) is 7.75. The Balaban J connectivity index is 1.29. The van der Waals surface area contributed by atoms with Crippen molar-refractivity contribution in [2.45, 2.75) is 59.0 Å². The molecule has 3 aliphatic rings. The van der Waals surface area contributed by atoms with Gasteiger partial charge in [0.1, 0.15) is 0 Å². The van der Waals surface area contributed by atoms with E-state index in [9.17, 15) is 9.59 Å². The molecule has 2 aromatic rings. The summed E-state index contributed by atoms with van der Waals surface area (Å²) in [5.74, 6) is 0.0816. The molecule has 2 saturated heterocycles. The van der Waals surface area contributed by atoms with Crippen molar-refractivity contribution in [2.24, 2.45) is 15.9 Å². The highest BCUT2D eigenvalue weighted by Gasteiger charge is 2.20. The van der Waals surface area contributed by atoms with Crippen LogP contribution < -0.4 is 10.6 Å². The minimum absolute atomic E-state index is 0.0884. The number of anilines is 2. The molecule has 2 fully saturated rings. The van der Waals surface area contributed by atoms with E-state index in [-0.39, 0.29) is 17.9 Å². The normalized spacial score (nSPS) is 23.6. The number of hydrogen-bond acceptors (Lipinski definition) is 8. The van der Waals surface area contributed by atoms with E-state index in [1.165, 1.54) is 6.42 Å². The van der Waals surface area contributed by atoms with Gasteiger partial charge in [0, 0.05) is 36.7 Å². The molecule has 0 spiro atoms. The summed E-state index contributed by atoms with van der Waals surface area (Å²) in [6.07, 6.45) is 15.0. The molecule has 222 valence electrons. The van der Waals surface area contributed by atoms with Gasteiger partial charge in [0.25, 0.3) is 5.91 Å². The molecule has 11 heteroatoms. The van der Waals surface area contributed by atoms with Gasteiger partial charge < -0.3 is 15.4 Å². The number of rotatable bonds is 9. The number of aliphatic imine (C=N–C) groups is 2. The third-order valence-corrected chi connectivity index (χ3v) is 7.75. The number of aryl methyl sites for hydroxylation is 1. The molecule has 5 rings (SSSR count). The average molecular weight is 573 g/mol. The summed E-state index contributed by atoms with van der Waals surface area (Å²) in [7, 11) is 0. The number of aromatic nitrogens is 3. The third kappa shape index (κ3) is 7.65. The molecule has 0 bridgehead atoms. The fourth-order valence-corrected chi connectivity index (χ4v) is 5.10. The average Bonchev–Trinajstić information content (AvgIpc) is 3.45. The predicted octanol–water partition coefficient (Wildman–Crippen LogP) is 3.89. The Morgan fingerprint density at radius 1 is 1.07 bits per heavy atom. The first kappa shape index (κ1) is 29.5. The number of pyridine rings is 1. The number of hydrogen-bond donors (Lipinski definition) is 2. The lowest BCUT2D eigenvalue weighted by atomic mass is 10.1. The van der Waals surface area contributed by atoms with Gasteiger partial charge in [-0.1, -0.05) is 13.3 Å². The van der Waals surface area contributed by atoms with Crippen LogP contribution in [0.25, 0.3) is 5.70 Å². The second-order valence-corrected chi connectivity index (χ2v) is 11.2. The lowest BCUT2D eigenvalue weighted by molar-refractivity contribution is -0.117. The summed E-state index contributed by atoms with van der Waals surface area (Å²) in [5.41, 5.74) is 4.46. The molecule has 1 unspecified atom stereocenters. The lowest BCUT2D eigenvalue weighted by Crippen LogP contribution is -2.36. The van der Waals surface area contributed by atoms with Crippen molar-refractivity contribution in [3.63, 3.8) is 0 Å². The number of nitrogens with one attached hydrogen (secondary N) is 2. The van der Waals surface area contributed by atoms with E-state index < -0.39 is 0 Å². The summed E-state index contributed by atoms with van der Waals surface area (Å²) < 4.78 is 7.21. The monoisotopic (exact) mass is 572 g/mol. The fourth-order valence-electron chi connectivity index (χ4n) is 5.10. The SMILES string of the molecule is CCC1\C=C(c2cnn(CC3COC3)c2)/N=C\C(C)=C(/C(=O)Nc2cc(NC(=O)CN3CCCCC3)cnc2C)C=N1. The highest BCUT2D eigenvalue weighted by molar-refractivity contribution is 6.21. The van der Waals surface area contributed by atoms with Crippen molar-refractivity contribution < 1.29 is 14.3 Å². The van der Waals surface area contributed by atoms with Crippen molar-refractivity contribution in [2.75, 3.05) is 43.5 Å². The standard InChI is InChI=1S/C31H40N8O3/c1-4-25-10-29(24-13-35-39(17-24)16-23-19-42-20-23)34-12-21(2)27(15-33-25)31(41)37-28-11-26(14-32-22(28)3)36-30(40)18-38-8-6-5-7-9-38/h10-15,17,23,25H,4-9,16,18-20H2,1-3H3,(H,36,40)(H,37,41)/b27-21-,29-10-,33-15?,34-12-. The quantitative estimate of drug-likeness (QED) is 0.470. The van der Waals surface area contributed by atoms with Crippen LogP contribution in [0.4, 0.5) is 11.4 Å². The Labute approximate surface area is 246 Å². The maximum atomic E-state index is 13.5. The molecule has 5 heterocycles. The second kappa shape index (κ2) is 13.8. The zero-order valence-electron chi connectivity index (χ0n) is 24.7. The van der Waals surface area contributed by atoms with Gasteiger partial charge in [0.05, 0.1) is 66.5 Å². The van der Waals surface area contributed by atoms with E-state index in [0.29, 0.717) is 40.7 Å². The number of carbonyl (C=O) groups is 2. The summed E-state index contributed by atoms with van der Waals surface area (Å²) >= 11 is 0. The predicted molar refractivity (Wildman–Crippen MR) is 165 cm³/mol. The van der Waals surface area contributed by atoms with E-state index in [1.54, 1.807) is 24.7 Å². The van der Waals surface area contributed by atoms with Crippen LogP contribution in [0.15, 0.2) is 51.9 Å². The minimum atomic E-state index is -0.321. The van der Waals surface area contributed by atoms with E-state index in [4.69, 9.17) is 14.7 Å². The molecule has 0 aromatic carbocycles. The fraction of sp³-hybridized carbons (Fsp3) is 0.484. The molecule has 2 aromatic heterocycles. The molecule has 42 heavy (non-hydrogen) atoms. The summed E-state index contributed by atoms with van der Waals surface area (Å²) in [4.78, 5) is 42.2. The van der Waals surface area contributed by atoms with Gasteiger partial charge in [-0.2, -0.15) is 5.10 Å². The van der Waals surface area contributed by atoms with Gasteiger partial charge in [0.15, 0.2) is 0 Å². The van der Waals surface area contributed by atoms with Crippen molar-refractivity contribution >= 4 is 41.3 Å². The maximum absolute atomic E-state index is 13.5. The topological polar surface area (TPSA) is 126 Å². The van der Waals surface area contributed by atoms with Crippen LogP contribution in [-0.4, -0.2) is 82.8 Å². The molecule has 2 N–H and O–H groups in total. The van der Waals surface area contributed by atoms with Crippen molar-refractivity contribution in [1.29, 1.82) is 0 Å². The Kier molecular flexibility index (Phi) is 9.70. The van der Waals surface area contributed by atoms with Crippen molar-refractivity contribution in [3.8, 4) is 0 Å². The number of carbonyl (C=O) groups excluding carboxylic acids is 2. The highest BCUT2D eigenvalue weighted by atomic mass is 16.5. The Bertz CT molecular complexity index is 1410. The summed E-state index contributed by atoms with van der Waals surface area (Å²) in [5, 5.41) is 10.4. The van der Waals surface area contributed by atoms with Gasteiger partial charge in [-0.25, -0.2) is 0 Å². The number of nitrogens with zero attached hydrogens (tertiary/aromatic N) is 6. The number of ether oxygens (including phenoxy) is 1. The first-order valence-corrected chi connectivity index (χ1v) is 14.8. The van der Waals surface area contributed by atoms with Crippen molar-refractivity contribution in [3.05, 3.63) is 53.1 Å². The minimum Gasteiger partial charge on any atom is -0.381 e. The molecule has 0 radical (unpaired) electrons. The smallest absolute Gasteiger partial charge is 0.257 e. The van der Waals surface area contributed by atoms with Crippen LogP contribution in [0.5, 0.6) is 0 Å². The Hall–Kier alpha value is -3.96.